The van der Waals surface area contributed by atoms with Crippen molar-refractivity contribution in [3.05, 3.63) is 53.6 Å². The zero-order chi connectivity index (χ0) is 24.4. The molecule has 0 saturated carbocycles. The Morgan fingerprint density at radius 2 is 1.61 bits per heavy atom. The van der Waals surface area contributed by atoms with Gasteiger partial charge in [-0.3, -0.25) is 19.4 Å². The third-order valence-electron chi connectivity index (χ3n) is 7.77. The Hall–Kier alpha value is -3.63. The van der Waals surface area contributed by atoms with E-state index in [0.29, 0.717) is 35.8 Å². The fraction of sp³-hybridized carbons (Fsp3) is 0.423. The van der Waals surface area contributed by atoms with Crippen molar-refractivity contribution in [1.29, 1.82) is 0 Å². The highest BCUT2D eigenvalue weighted by Gasteiger charge is 2.49. The van der Waals surface area contributed by atoms with Gasteiger partial charge >= 0.3 is 6.09 Å². The highest BCUT2D eigenvalue weighted by Crippen LogP contribution is 2.42. The van der Waals surface area contributed by atoms with E-state index in [1.165, 1.54) is 0 Å². The maximum absolute atomic E-state index is 12.9. The molecule has 2 unspecified atom stereocenters. The summed E-state index contributed by atoms with van der Waals surface area (Å²) in [6.07, 6.45) is 0.405. The summed E-state index contributed by atoms with van der Waals surface area (Å²) < 4.78 is 23.4. The van der Waals surface area contributed by atoms with E-state index in [1.807, 2.05) is 18.2 Å². The van der Waals surface area contributed by atoms with E-state index in [9.17, 15) is 14.4 Å². The lowest BCUT2D eigenvalue weighted by molar-refractivity contribution is -0.169. The second-order valence-electron chi connectivity index (χ2n) is 9.68. The molecule has 10 heteroatoms. The van der Waals surface area contributed by atoms with Crippen LogP contribution in [0.5, 0.6) is 5.75 Å². The Balaban J connectivity index is 1.08. The van der Waals surface area contributed by atoms with Gasteiger partial charge in [0.15, 0.2) is 5.79 Å². The number of carbonyl (C=O) groups is 3. The molecule has 0 aromatic heterocycles. The lowest BCUT2D eigenvalue weighted by Gasteiger charge is -2.39. The van der Waals surface area contributed by atoms with Crippen LogP contribution in [0, 0.1) is 0 Å². The first-order valence-corrected chi connectivity index (χ1v) is 12.3. The van der Waals surface area contributed by atoms with Crippen LogP contribution in [0.25, 0.3) is 0 Å². The molecule has 3 saturated heterocycles. The molecular formula is C26H25N3O7. The minimum atomic E-state index is -0.683. The van der Waals surface area contributed by atoms with Crippen molar-refractivity contribution < 1.29 is 33.3 Å². The number of fused-ring (bicyclic) bond motifs is 4. The zero-order valence-corrected chi connectivity index (χ0v) is 19.6. The Bertz CT molecular complexity index is 1230. The van der Waals surface area contributed by atoms with E-state index in [1.54, 1.807) is 29.2 Å². The van der Waals surface area contributed by atoms with E-state index in [4.69, 9.17) is 18.9 Å². The first-order chi connectivity index (χ1) is 17.5. The van der Waals surface area contributed by atoms with Gasteiger partial charge in [0.05, 0.1) is 36.6 Å². The average Bonchev–Trinajstić information content (AvgIpc) is 3.56. The smallest absolute Gasteiger partial charge is 0.415 e. The second-order valence-corrected chi connectivity index (χ2v) is 9.68. The highest BCUT2D eigenvalue weighted by atomic mass is 16.7. The van der Waals surface area contributed by atoms with E-state index in [-0.39, 0.29) is 25.0 Å². The standard InChI is InChI=1S/C26H25N3O7/c30-23-17-3-1-2-4-18(17)24(31)28(23)14-22-20-15-33-21-13-16(5-6-19(21)29(20)25(32)36-22)27-9-7-26(8-10-27)34-11-12-35-26/h1-6,13,20,22H,7-12,14-15H2. The number of anilines is 2. The molecule has 0 radical (unpaired) electrons. The van der Waals surface area contributed by atoms with Crippen molar-refractivity contribution in [2.24, 2.45) is 0 Å². The molecular weight excluding hydrogens is 466 g/mol. The van der Waals surface area contributed by atoms with Crippen molar-refractivity contribution in [1.82, 2.24) is 4.90 Å². The number of rotatable bonds is 3. The van der Waals surface area contributed by atoms with Crippen molar-refractivity contribution in [3.63, 3.8) is 0 Å². The Morgan fingerprint density at radius 3 is 2.31 bits per heavy atom. The summed E-state index contributed by atoms with van der Waals surface area (Å²) in [5.41, 5.74) is 2.38. The van der Waals surface area contributed by atoms with Gasteiger partial charge in [-0.05, 0) is 24.3 Å². The van der Waals surface area contributed by atoms with Gasteiger partial charge in [-0.25, -0.2) is 4.79 Å². The lowest BCUT2D eigenvalue weighted by atomic mass is 10.0. The maximum atomic E-state index is 12.9. The van der Waals surface area contributed by atoms with Crippen LogP contribution in [0.1, 0.15) is 33.6 Å². The van der Waals surface area contributed by atoms with Gasteiger partial charge in [0.2, 0.25) is 0 Å². The maximum Gasteiger partial charge on any atom is 0.415 e. The summed E-state index contributed by atoms with van der Waals surface area (Å²) in [5.74, 6) is -0.578. The van der Waals surface area contributed by atoms with Gasteiger partial charge in [-0.1, -0.05) is 12.1 Å². The molecule has 0 bridgehead atoms. The van der Waals surface area contributed by atoms with Crippen LogP contribution < -0.4 is 14.5 Å². The summed E-state index contributed by atoms with van der Waals surface area (Å²) in [6.45, 7) is 3.09. The molecule has 0 N–H and O–H groups in total. The molecule has 5 heterocycles. The van der Waals surface area contributed by atoms with Crippen molar-refractivity contribution in [2.45, 2.75) is 30.8 Å². The number of cyclic esters (lactones) is 1. The summed E-state index contributed by atoms with van der Waals surface area (Å²) in [7, 11) is 0. The average molecular weight is 492 g/mol. The number of nitrogens with zero attached hydrogens (tertiary/aromatic N) is 3. The van der Waals surface area contributed by atoms with Crippen LogP contribution in [0.15, 0.2) is 42.5 Å². The molecule has 5 aliphatic rings. The monoisotopic (exact) mass is 491 g/mol. The molecule has 5 aliphatic heterocycles. The molecule has 0 aliphatic carbocycles. The number of amides is 3. The fourth-order valence-electron chi connectivity index (χ4n) is 5.85. The minimum Gasteiger partial charge on any atom is -0.489 e. The predicted octanol–water partition coefficient (Wildman–Crippen LogP) is 2.41. The van der Waals surface area contributed by atoms with Crippen LogP contribution >= 0.6 is 0 Å². The molecule has 36 heavy (non-hydrogen) atoms. The predicted molar refractivity (Wildman–Crippen MR) is 126 cm³/mol. The van der Waals surface area contributed by atoms with Gasteiger partial charge in [0.25, 0.3) is 11.8 Å². The number of piperidine rings is 1. The fourth-order valence-corrected chi connectivity index (χ4v) is 5.85. The van der Waals surface area contributed by atoms with Crippen LogP contribution in [0.4, 0.5) is 16.2 Å². The van der Waals surface area contributed by atoms with E-state index in [0.717, 1.165) is 36.5 Å². The van der Waals surface area contributed by atoms with Gasteiger partial charge in [-0.2, -0.15) is 0 Å². The normalized spacial score (nSPS) is 26.1. The number of benzene rings is 2. The van der Waals surface area contributed by atoms with Crippen LogP contribution in [-0.2, 0) is 14.2 Å². The van der Waals surface area contributed by atoms with Crippen LogP contribution in [-0.4, -0.2) is 80.2 Å². The lowest BCUT2D eigenvalue weighted by Crippen LogP contribution is -2.49. The first kappa shape index (κ1) is 21.6. The van der Waals surface area contributed by atoms with Gasteiger partial charge in [-0.15, -0.1) is 0 Å². The van der Waals surface area contributed by atoms with Crippen molar-refractivity contribution in [3.8, 4) is 5.75 Å². The Labute approximate surface area is 207 Å². The number of ether oxygens (including phenoxy) is 4. The van der Waals surface area contributed by atoms with Crippen molar-refractivity contribution in [2.75, 3.05) is 49.3 Å². The number of imide groups is 1. The van der Waals surface area contributed by atoms with Crippen molar-refractivity contribution >= 4 is 29.3 Å². The summed E-state index contributed by atoms with van der Waals surface area (Å²) >= 11 is 0. The number of hydrogen-bond donors (Lipinski definition) is 0. The van der Waals surface area contributed by atoms with Crippen LogP contribution in [0.2, 0.25) is 0 Å². The Morgan fingerprint density at radius 1 is 0.917 bits per heavy atom. The molecule has 10 nitrogen and oxygen atoms in total. The first-order valence-electron chi connectivity index (χ1n) is 12.3. The highest BCUT2D eigenvalue weighted by molar-refractivity contribution is 6.21. The van der Waals surface area contributed by atoms with E-state index >= 15 is 0 Å². The Kier molecular flexibility index (Phi) is 4.77. The summed E-state index contributed by atoms with van der Waals surface area (Å²) in [4.78, 5) is 43.5. The molecule has 2 aromatic rings. The quantitative estimate of drug-likeness (QED) is 0.604. The zero-order valence-electron chi connectivity index (χ0n) is 19.6. The molecule has 2 atom stereocenters. The van der Waals surface area contributed by atoms with Gasteiger partial charge in [0, 0.05) is 37.7 Å². The molecule has 3 fully saturated rings. The topological polar surface area (TPSA) is 97.9 Å². The van der Waals surface area contributed by atoms with Gasteiger partial charge < -0.3 is 23.8 Å². The van der Waals surface area contributed by atoms with E-state index < -0.39 is 24.0 Å². The molecule has 186 valence electrons. The van der Waals surface area contributed by atoms with Gasteiger partial charge in [0.1, 0.15) is 24.5 Å². The molecule has 3 amide bonds. The summed E-state index contributed by atoms with van der Waals surface area (Å²) in [6, 6.07) is 12.1. The minimum absolute atomic E-state index is 0.0182. The third kappa shape index (κ3) is 3.21. The molecule has 1 spiro atoms. The number of hydrogen-bond acceptors (Lipinski definition) is 8. The largest absolute Gasteiger partial charge is 0.489 e. The summed E-state index contributed by atoms with van der Waals surface area (Å²) in [5, 5.41) is 0. The number of carbonyl (C=O) groups excluding carboxylic acids is 3. The second kappa shape index (κ2) is 7.94. The van der Waals surface area contributed by atoms with E-state index in [2.05, 4.69) is 4.90 Å². The molecule has 7 rings (SSSR count). The SMILES string of the molecule is O=C1c2ccccc2C(=O)N1CC1OC(=O)N2c3ccc(N4CCC5(CC4)OCCO5)cc3OCC12. The molecule has 2 aromatic carbocycles. The van der Waals surface area contributed by atoms with Crippen LogP contribution in [0.3, 0.4) is 0 Å². The third-order valence-corrected chi connectivity index (χ3v) is 7.77.